The minimum absolute atomic E-state index is 0.195. The summed E-state index contributed by atoms with van der Waals surface area (Å²) in [6.45, 7) is 3.67. The molecular formula is C26H26N2O6S. The normalized spacial score (nSPS) is 15.3. The van der Waals surface area contributed by atoms with Gasteiger partial charge in [-0.3, -0.25) is 9.36 Å². The summed E-state index contributed by atoms with van der Waals surface area (Å²) in [4.78, 5) is 31.9. The third-order valence-corrected chi connectivity index (χ3v) is 6.66. The number of benzene rings is 2. The highest BCUT2D eigenvalue weighted by Gasteiger charge is 2.35. The van der Waals surface area contributed by atoms with Gasteiger partial charge in [0.2, 0.25) is 0 Å². The Hall–Kier alpha value is -3.85. The first-order chi connectivity index (χ1) is 16.9. The molecule has 0 bridgehead atoms. The van der Waals surface area contributed by atoms with Crippen molar-refractivity contribution in [2.45, 2.75) is 19.9 Å². The van der Waals surface area contributed by atoms with E-state index in [1.165, 1.54) is 23.0 Å². The van der Waals surface area contributed by atoms with E-state index in [0.29, 0.717) is 37.8 Å². The van der Waals surface area contributed by atoms with Gasteiger partial charge in [0.25, 0.3) is 5.56 Å². The van der Waals surface area contributed by atoms with Gasteiger partial charge in [0.1, 0.15) is 23.3 Å². The Bertz CT molecular complexity index is 1480. The number of hydrogen-bond acceptors (Lipinski definition) is 8. The molecule has 0 radical (unpaired) electrons. The number of carbonyl (C=O) groups excluding carboxylic acids is 1. The van der Waals surface area contributed by atoms with Crippen molar-refractivity contribution in [3.63, 3.8) is 0 Å². The number of para-hydroxylation sites is 1. The van der Waals surface area contributed by atoms with Gasteiger partial charge in [-0.2, -0.15) is 0 Å². The maximum absolute atomic E-state index is 13.8. The van der Waals surface area contributed by atoms with Gasteiger partial charge in [-0.05, 0) is 38.1 Å². The first kappa shape index (κ1) is 24.3. The molecule has 0 saturated carbocycles. The third kappa shape index (κ3) is 4.46. The molecule has 1 aromatic heterocycles. The van der Waals surface area contributed by atoms with Crippen LogP contribution >= 0.6 is 11.3 Å². The number of allylic oxidation sites excluding steroid dienone is 1. The SMILES string of the molecule is CCOC(=O)C1=C(C)N=c2s/c(=C\c3ccccc3OC)c(=O)n2[C@H]1c1ccc(OC)cc1OC. The zero-order valence-electron chi connectivity index (χ0n) is 20.2. The lowest BCUT2D eigenvalue weighted by Gasteiger charge is -2.26. The minimum Gasteiger partial charge on any atom is -0.497 e. The van der Waals surface area contributed by atoms with Gasteiger partial charge < -0.3 is 18.9 Å². The molecule has 1 aliphatic rings. The van der Waals surface area contributed by atoms with Crippen molar-refractivity contribution >= 4 is 23.4 Å². The lowest BCUT2D eigenvalue weighted by molar-refractivity contribution is -0.139. The number of carbonyl (C=O) groups is 1. The predicted molar refractivity (Wildman–Crippen MR) is 133 cm³/mol. The van der Waals surface area contributed by atoms with Gasteiger partial charge in [-0.1, -0.05) is 29.5 Å². The molecule has 0 unspecified atom stereocenters. The molecule has 35 heavy (non-hydrogen) atoms. The second-order valence-electron chi connectivity index (χ2n) is 7.65. The van der Waals surface area contributed by atoms with Crippen LogP contribution in [-0.4, -0.2) is 38.5 Å². The van der Waals surface area contributed by atoms with E-state index in [2.05, 4.69) is 4.99 Å². The summed E-state index contributed by atoms with van der Waals surface area (Å²) in [5.41, 5.74) is 1.87. The van der Waals surface area contributed by atoms with Crippen molar-refractivity contribution < 1.29 is 23.7 Å². The maximum atomic E-state index is 13.8. The molecular weight excluding hydrogens is 468 g/mol. The van der Waals surface area contributed by atoms with Crippen molar-refractivity contribution in [1.82, 2.24) is 4.57 Å². The minimum atomic E-state index is -0.786. The van der Waals surface area contributed by atoms with Crippen molar-refractivity contribution in [1.29, 1.82) is 0 Å². The summed E-state index contributed by atoms with van der Waals surface area (Å²) in [7, 11) is 4.67. The van der Waals surface area contributed by atoms with Crippen LogP contribution in [0.3, 0.4) is 0 Å². The molecule has 9 heteroatoms. The molecule has 0 saturated heterocycles. The fourth-order valence-electron chi connectivity index (χ4n) is 4.06. The number of thiazole rings is 1. The lowest BCUT2D eigenvalue weighted by atomic mass is 9.95. The monoisotopic (exact) mass is 494 g/mol. The highest BCUT2D eigenvalue weighted by molar-refractivity contribution is 7.07. The fourth-order valence-corrected chi connectivity index (χ4v) is 5.09. The second-order valence-corrected chi connectivity index (χ2v) is 8.66. The van der Waals surface area contributed by atoms with Crippen LogP contribution in [-0.2, 0) is 9.53 Å². The quantitative estimate of drug-likeness (QED) is 0.470. The molecule has 1 atom stereocenters. The summed E-state index contributed by atoms with van der Waals surface area (Å²) >= 11 is 1.25. The number of rotatable bonds is 7. The molecule has 0 fully saturated rings. The smallest absolute Gasteiger partial charge is 0.338 e. The van der Waals surface area contributed by atoms with E-state index in [4.69, 9.17) is 18.9 Å². The summed E-state index contributed by atoms with van der Waals surface area (Å²) in [5.74, 6) is 1.18. The van der Waals surface area contributed by atoms with Gasteiger partial charge in [0, 0.05) is 17.2 Å². The summed E-state index contributed by atoms with van der Waals surface area (Å²) < 4.78 is 23.7. The molecule has 3 aromatic rings. The zero-order chi connectivity index (χ0) is 25.1. The molecule has 0 N–H and O–H groups in total. The molecule has 0 amide bonds. The number of methoxy groups -OCH3 is 3. The Morgan fingerprint density at radius 1 is 1.09 bits per heavy atom. The van der Waals surface area contributed by atoms with Crippen molar-refractivity contribution in [3.8, 4) is 17.2 Å². The Morgan fingerprint density at radius 3 is 2.51 bits per heavy atom. The summed E-state index contributed by atoms with van der Waals surface area (Å²) in [6.07, 6.45) is 1.77. The van der Waals surface area contributed by atoms with Gasteiger partial charge >= 0.3 is 5.97 Å². The molecule has 1 aliphatic heterocycles. The highest BCUT2D eigenvalue weighted by atomic mass is 32.1. The van der Waals surface area contributed by atoms with E-state index in [1.807, 2.05) is 24.3 Å². The van der Waals surface area contributed by atoms with Gasteiger partial charge in [-0.15, -0.1) is 0 Å². The highest BCUT2D eigenvalue weighted by Crippen LogP contribution is 2.37. The largest absolute Gasteiger partial charge is 0.497 e. The van der Waals surface area contributed by atoms with E-state index in [-0.39, 0.29) is 17.7 Å². The summed E-state index contributed by atoms with van der Waals surface area (Å²) in [6, 6.07) is 11.9. The first-order valence-corrected chi connectivity index (χ1v) is 11.8. The Labute approximate surface area is 206 Å². The number of ether oxygens (including phenoxy) is 4. The van der Waals surface area contributed by atoms with E-state index < -0.39 is 12.0 Å². The van der Waals surface area contributed by atoms with Crippen molar-refractivity contribution in [2.75, 3.05) is 27.9 Å². The van der Waals surface area contributed by atoms with Crippen molar-refractivity contribution in [3.05, 3.63) is 84.5 Å². The number of nitrogens with zero attached hydrogens (tertiary/aromatic N) is 2. The number of fused-ring (bicyclic) bond motifs is 1. The summed E-state index contributed by atoms with van der Waals surface area (Å²) in [5, 5.41) is 0. The van der Waals surface area contributed by atoms with Gasteiger partial charge in [0.15, 0.2) is 4.80 Å². The van der Waals surface area contributed by atoms with Crippen LogP contribution in [0.5, 0.6) is 17.2 Å². The Balaban J connectivity index is 2.01. The fraction of sp³-hybridized carbons (Fsp3) is 0.269. The standard InChI is InChI=1S/C26H26N2O6S/c1-6-34-25(30)22-15(2)27-26-28(23(22)18-12-11-17(31-3)14-20(18)33-5)24(29)21(35-26)13-16-9-7-8-10-19(16)32-4/h7-14,23H,6H2,1-5H3/b21-13-/t23-/m0/s1. The average molecular weight is 495 g/mol. The van der Waals surface area contributed by atoms with E-state index >= 15 is 0 Å². The molecule has 4 rings (SSSR count). The van der Waals surface area contributed by atoms with Crippen LogP contribution in [0.15, 0.2) is 63.5 Å². The molecule has 8 nitrogen and oxygen atoms in total. The van der Waals surface area contributed by atoms with E-state index in [0.717, 1.165) is 5.56 Å². The van der Waals surface area contributed by atoms with Gasteiger partial charge in [0.05, 0.1) is 43.7 Å². The van der Waals surface area contributed by atoms with Gasteiger partial charge in [-0.25, -0.2) is 9.79 Å². The maximum Gasteiger partial charge on any atom is 0.338 e. The zero-order valence-corrected chi connectivity index (χ0v) is 21.0. The molecule has 2 aromatic carbocycles. The van der Waals surface area contributed by atoms with E-state index in [1.54, 1.807) is 52.3 Å². The van der Waals surface area contributed by atoms with Crippen LogP contribution in [0.1, 0.15) is 31.0 Å². The van der Waals surface area contributed by atoms with Crippen LogP contribution in [0.2, 0.25) is 0 Å². The number of hydrogen-bond donors (Lipinski definition) is 0. The van der Waals surface area contributed by atoms with Crippen molar-refractivity contribution in [2.24, 2.45) is 4.99 Å². The third-order valence-electron chi connectivity index (χ3n) is 5.68. The van der Waals surface area contributed by atoms with Crippen LogP contribution < -0.4 is 29.1 Å². The topological polar surface area (TPSA) is 88.4 Å². The first-order valence-electron chi connectivity index (χ1n) is 11.0. The van der Waals surface area contributed by atoms with E-state index in [9.17, 15) is 9.59 Å². The number of aromatic nitrogens is 1. The lowest BCUT2D eigenvalue weighted by Crippen LogP contribution is -2.40. The molecule has 0 aliphatic carbocycles. The average Bonchev–Trinajstić information content (AvgIpc) is 3.17. The van der Waals surface area contributed by atoms with Crippen LogP contribution in [0.25, 0.3) is 6.08 Å². The van der Waals surface area contributed by atoms with Crippen LogP contribution in [0, 0.1) is 0 Å². The molecule has 2 heterocycles. The molecule has 0 spiro atoms. The molecule has 182 valence electrons. The van der Waals surface area contributed by atoms with Crippen LogP contribution in [0.4, 0.5) is 0 Å². The second kappa shape index (κ2) is 10.2. The predicted octanol–water partition coefficient (Wildman–Crippen LogP) is 2.82. The number of esters is 1. The Morgan fingerprint density at radius 2 is 1.83 bits per heavy atom. The Kier molecular flexibility index (Phi) is 7.07.